The number of carbonyl (C=O) groups excluding carboxylic acids is 1. The van der Waals surface area contributed by atoms with Gasteiger partial charge in [0.2, 0.25) is 0 Å². The molecule has 0 saturated heterocycles. The van der Waals surface area contributed by atoms with Gasteiger partial charge >= 0.3 is 5.97 Å². The summed E-state index contributed by atoms with van der Waals surface area (Å²) in [5, 5.41) is 7.42. The Labute approximate surface area is 205 Å². The number of rotatable bonds is 6. The predicted molar refractivity (Wildman–Crippen MR) is 130 cm³/mol. The molecule has 34 heavy (non-hydrogen) atoms. The first-order chi connectivity index (χ1) is 16.5. The van der Waals surface area contributed by atoms with Crippen LogP contribution in [0, 0.1) is 11.6 Å². The van der Waals surface area contributed by atoms with Crippen molar-refractivity contribution in [3.8, 4) is 5.69 Å². The molecule has 178 valence electrons. The molecule has 4 aromatic rings. The van der Waals surface area contributed by atoms with Crippen molar-refractivity contribution in [3.63, 3.8) is 0 Å². The molecule has 0 amide bonds. The third kappa shape index (κ3) is 4.32. The number of hydrogen-bond acceptors (Lipinski definition) is 4. The van der Waals surface area contributed by atoms with Crippen molar-refractivity contribution < 1.29 is 18.3 Å². The Balaban J connectivity index is 0.00000133. The molecular weight excluding hydrogens is 480 g/mol. The lowest BCUT2D eigenvalue weighted by atomic mass is 10.2. The molecule has 1 aliphatic rings. The van der Waals surface area contributed by atoms with Crippen molar-refractivity contribution in [3.05, 3.63) is 70.6 Å². The summed E-state index contributed by atoms with van der Waals surface area (Å²) in [6.07, 6.45) is 5.19. The fourth-order valence-corrected chi connectivity index (χ4v) is 5.19. The maximum absolute atomic E-state index is 15.3. The molecule has 0 spiro atoms. The van der Waals surface area contributed by atoms with Crippen LogP contribution in [0.25, 0.3) is 16.6 Å². The zero-order valence-corrected chi connectivity index (χ0v) is 20.6. The highest BCUT2D eigenvalue weighted by Crippen LogP contribution is 2.51. The molecule has 0 unspecified atom stereocenters. The Morgan fingerprint density at radius 3 is 2.65 bits per heavy atom. The molecule has 9 heteroatoms. The maximum Gasteiger partial charge on any atom is 0.341 e. The molecule has 1 fully saturated rings. The second kappa shape index (κ2) is 10.2. The van der Waals surface area contributed by atoms with Gasteiger partial charge in [0.15, 0.2) is 11.6 Å². The van der Waals surface area contributed by atoms with Gasteiger partial charge in [0.25, 0.3) is 0 Å². The van der Waals surface area contributed by atoms with Crippen molar-refractivity contribution in [2.75, 3.05) is 6.61 Å². The summed E-state index contributed by atoms with van der Waals surface area (Å²) < 4.78 is 37.3. The molecule has 0 bridgehead atoms. The Morgan fingerprint density at radius 1 is 1.24 bits per heavy atom. The van der Waals surface area contributed by atoms with Gasteiger partial charge in [-0.25, -0.2) is 13.6 Å². The number of esters is 1. The van der Waals surface area contributed by atoms with Crippen LogP contribution in [0.1, 0.15) is 55.6 Å². The average Bonchev–Trinajstić information content (AvgIpc) is 3.43. The summed E-state index contributed by atoms with van der Waals surface area (Å²) >= 11 is 7.30. The lowest BCUT2D eigenvalue weighted by Gasteiger charge is -2.11. The highest BCUT2D eigenvalue weighted by Gasteiger charge is 2.34. The first-order valence-electron chi connectivity index (χ1n) is 11.2. The van der Waals surface area contributed by atoms with Crippen LogP contribution in [0.5, 0.6) is 0 Å². The van der Waals surface area contributed by atoms with Gasteiger partial charge in [0.1, 0.15) is 0 Å². The van der Waals surface area contributed by atoms with E-state index >= 15 is 8.78 Å². The molecule has 0 aliphatic heterocycles. The van der Waals surface area contributed by atoms with Crippen LogP contribution in [0.15, 0.2) is 52.5 Å². The Kier molecular flexibility index (Phi) is 7.28. The number of carbonyl (C=O) groups is 1. The zero-order chi connectivity index (χ0) is 24.4. The molecule has 1 N–H and O–H groups in total. The minimum absolute atomic E-state index is 0.00845. The topological polar surface area (TPSA) is 59.9 Å². The van der Waals surface area contributed by atoms with Gasteiger partial charge in [-0.1, -0.05) is 43.3 Å². The van der Waals surface area contributed by atoms with Crippen LogP contribution < -0.4 is 0 Å². The van der Waals surface area contributed by atoms with Gasteiger partial charge in [-0.2, -0.15) is 5.10 Å². The second-order valence-electron chi connectivity index (χ2n) is 7.48. The molecule has 1 aliphatic carbocycles. The van der Waals surface area contributed by atoms with E-state index in [9.17, 15) is 4.79 Å². The van der Waals surface area contributed by atoms with Crippen LogP contribution in [0.2, 0.25) is 5.02 Å². The van der Waals surface area contributed by atoms with Gasteiger partial charge in [-0.3, -0.25) is 5.10 Å². The van der Waals surface area contributed by atoms with E-state index in [0.29, 0.717) is 16.6 Å². The number of hydrogen-bond donors (Lipinski definition) is 1. The third-order valence-corrected chi connectivity index (χ3v) is 6.85. The van der Waals surface area contributed by atoms with E-state index in [-0.39, 0.29) is 28.0 Å². The number of nitrogens with zero attached hydrogens (tertiary/aromatic N) is 2. The van der Waals surface area contributed by atoms with E-state index in [1.54, 1.807) is 37.5 Å². The van der Waals surface area contributed by atoms with Gasteiger partial charge in [0, 0.05) is 33.0 Å². The summed E-state index contributed by atoms with van der Waals surface area (Å²) in [6, 6.07) is 7.87. The summed E-state index contributed by atoms with van der Waals surface area (Å²) in [4.78, 5) is 13.2. The van der Waals surface area contributed by atoms with Crippen molar-refractivity contribution >= 4 is 40.2 Å². The van der Waals surface area contributed by atoms with Gasteiger partial charge in [-0.05, 0) is 44.0 Å². The number of aromatic nitrogens is 3. The minimum Gasteiger partial charge on any atom is -0.462 e. The van der Waals surface area contributed by atoms with Crippen LogP contribution in [0.3, 0.4) is 0 Å². The quantitative estimate of drug-likeness (QED) is 0.276. The molecule has 2 aromatic carbocycles. The van der Waals surface area contributed by atoms with Gasteiger partial charge in [0.05, 0.1) is 34.6 Å². The summed E-state index contributed by atoms with van der Waals surface area (Å²) in [6.45, 7) is 5.82. The molecule has 5 rings (SSSR count). The number of halogens is 3. The van der Waals surface area contributed by atoms with E-state index < -0.39 is 17.6 Å². The maximum atomic E-state index is 15.3. The van der Waals surface area contributed by atoms with Crippen LogP contribution in [0.4, 0.5) is 8.78 Å². The number of aromatic amines is 1. The standard InChI is InChI=1S/C23H18ClF2N3O2S.C2H6/c1-2-31-23(30)14-4-3-5-17(18(14)25)32-22-15-8-9-16(24)19(26)21(15)29(13-10-27-28-11-13)20(22)12-6-7-12;1-2/h3-5,8-12H,2,6-7H2,1H3,(H,27,28);1-2H3. The molecule has 2 heterocycles. The van der Waals surface area contributed by atoms with E-state index in [0.717, 1.165) is 23.4 Å². The Hall–Kier alpha value is -2.84. The number of nitrogens with one attached hydrogen (secondary N) is 1. The number of ether oxygens (including phenoxy) is 1. The fraction of sp³-hybridized carbons (Fsp3) is 0.280. The fourth-order valence-electron chi connectivity index (χ4n) is 3.83. The molecule has 2 aromatic heterocycles. The Bertz CT molecular complexity index is 1330. The second-order valence-corrected chi connectivity index (χ2v) is 8.94. The zero-order valence-electron chi connectivity index (χ0n) is 19.0. The van der Waals surface area contributed by atoms with E-state index in [2.05, 4.69) is 10.2 Å². The van der Waals surface area contributed by atoms with Gasteiger partial charge in [-0.15, -0.1) is 0 Å². The highest BCUT2D eigenvalue weighted by molar-refractivity contribution is 7.99. The largest absolute Gasteiger partial charge is 0.462 e. The van der Waals surface area contributed by atoms with E-state index in [4.69, 9.17) is 16.3 Å². The number of benzene rings is 2. The summed E-state index contributed by atoms with van der Waals surface area (Å²) in [7, 11) is 0. The monoisotopic (exact) mass is 503 g/mol. The SMILES string of the molecule is CC.CCOC(=O)c1cccc(Sc2c(C3CC3)n(-c3cn[nH]c3)c3c(F)c(Cl)ccc23)c1F. The normalized spacial score (nSPS) is 13.0. The van der Waals surface area contributed by atoms with Gasteiger partial charge < -0.3 is 9.30 Å². The molecule has 0 atom stereocenters. The molecular formula is C25H24ClF2N3O2S. The van der Waals surface area contributed by atoms with Crippen molar-refractivity contribution in [2.45, 2.75) is 49.3 Å². The summed E-state index contributed by atoms with van der Waals surface area (Å²) in [5.41, 5.74) is 1.75. The third-order valence-electron chi connectivity index (χ3n) is 5.39. The predicted octanol–water partition coefficient (Wildman–Crippen LogP) is 7.52. The average molecular weight is 504 g/mol. The number of H-pyrrole nitrogens is 1. The smallest absolute Gasteiger partial charge is 0.341 e. The Morgan fingerprint density at radius 2 is 2.00 bits per heavy atom. The van der Waals surface area contributed by atoms with Crippen LogP contribution in [-0.2, 0) is 4.74 Å². The van der Waals surface area contributed by atoms with Crippen molar-refractivity contribution in [1.29, 1.82) is 0 Å². The first-order valence-corrected chi connectivity index (χ1v) is 12.4. The lowest BCUT2D eigenvalue weighted by Crippen LogP contribution is -2.07. The molecule has 1 saturated carbocycles. The first kappa shape index (κ1) is 24.3. The van der Waals surface area contributed by atoms with Crippen molar-refractivity contribution in [1.82, 2.24) is 14.8 Å². The van der Waals surface area contributed by atoms with Crippen molar-refractivity contribution in [2.24, 2.45) is 0 Å². The van der Waals surface area contributed by atoms with E-state index in [1.165, 1.54) is 23.9 Å². The minimum atomic E-state index is -0.714. The number of fused-ring (bicyclic) bond motifs is 1. The molecule has 0 radical (unpaired) electrons. The summed E-state index contributed by atoms with van der Waals surface area (Å²) in [5.74, 6) is -1.71. The van der Waals surface area contributed by atoms with Crippen LogP contribution in [-0.4, -0.2) is 27.3 Å². The van der Waals surface area contributed by atoms with E-state index in [1.807, 2.05) is 18.4 Å². The highest BCUT2D eigenvalue weighted by atomic mass is 35.5. The van der Waals surface area contributed by atoms with Crippen LogP contribution >= 0.6 is 23.4 Å². The lowest BCUT2D eigenvalue weighted by molar-refractivity contribution is 0.0520. The molecule has 5 nitrogen and oxygen atoms in total.